The quantitative estimate of drug-likeness (QED) is 0.820. The van der Waals surface area contributed by atoms with Crippen molar-refractivity contribution in [2.75, 3.05) is 11.9 Å². The number of rotatable bonds is 2. The van der Waals surface area contributed by atoms with E-state index in [0.717, 1.165) is 30.6 Å². The summed E-state index contributed by atoms with van der Waals surface area (Å²) in [5.41, 5.74) is 1.70. The van der Waals surface area contributed by atoms with Crippen molar-refractivity contribution in [1.29, 1.82) is 0 Å². The van der Waals surface area contributed by atoms with Crippen LogP contribution in [0.25, 0.3) is 0 Å². The Labute approximate surface area is 101 Å². The van der Waals surface area contributed by atoms with Gasteiger partial charge in [-0.25, -0.2) is 0 Å². The Morgan fingerprint density at radius 2 is 2.29 bits per heavy atom. The van der Waals surface area contributed by atoms with Crippen LogP contribution in [0.1, 0.15) is 31.0 Å². The van der Waals surface area contributed by atoms with E-state index in [2.05, 4.69) is 22.7 Å². The van der Waals surface area contributed by atoms with E-state index in [1.165, 1.54) is 0 Å². The van der Waals surface area contributed by atoms with Crippen molar-refractivity contribution in [1.82, 2.24) is 10.5 Å². The molecule has 94 valence electrons. The molecule has 5 nitrogen and oxygen atoms in total. The van der Waals surface area contributed by atoms with Gasteiger partial charge in [-0.05, 0) is 39.2 Å². The first-order chi connectivity index (χ1) is 8.09. The summed E-state index contributed by atoms with van der Waals surface area (Å²) in [5.74, 6) is 0.789. The summed E-state index contributed by atoms with van der Waals surface area (Å²) in [4.78, 5) is 12.1. The zero-order valence-electron chi connectivity index (χ0n) is 10.5. The van der Waals surface area contributed by atoms with Crippen molar-refractivity contribution < 1.29 is 9.32 Å². The van der Waals surface area contributed by atoms with Gasteiger partial charge in [0.05, 0.1) is 11.7 Å². The normalized spacial score (nSPS) is 24.6. The molecule has 1 amide bonds. The third kappa shape index (κ3) is 2.49. The van der Waals surface area contributed by atoms with E-state index in [-0.39, 0.29) is 11.9 Å². The number of anilines is 1. The highest BCUT2D eigenvalue weighted by Gasteiger charge is 2.28. The van der Waals surface area contributed by atoms with Gasteiger partial charge < -0.3 is 9.84 Å². The maximum Gasteiger partial charge on any atom is 0.244 e. The van der Waals surface area contributed by atoms with Crippen molar-refractivity contribution in [3.05, 3.63) is 11.3 Å². The molecular weight excluding hydrogens is 218 g/mol. The van der Waals surface area contributed by atoms with Crippen molar-refractivity contribution in [3.8, 4) is 0 Å². The van der Waals surface area contributed by atoms with Gasteiger partial charge in [-0.1, -0.05) is 12.1 Å². The largest absolute Gasteiger partial charge is 0.338 e. The van der Waals surface area contributed by atoms with Crippen LogP contribution in [0, 0.1) is 19.8 Å². The number of piperidine rings is 1. The fraction of sp³-hybridized carbons (Fsp3) is 0.667. The number of amides is 1. The average Bonchev–Trinajstić information content (AvgIpc) is 2.61. The van der Waals surface area contributed by atoms with E-state index < -0.39 is 0 Å². The first kappa shape index (κ1) is 12.1. The van der Waals surface area contributed by atoms with Crippen LogP contribution in [0.15, 0.2) is 4.52 Å². The minimum atomic E-state index is -0.131. The van der Waals surface area contributed by atoms with Crippen LogP contribution in [0.3, 0.4) is 0 Å². The van der Waals surface area contributed by atoms with Crippen LogP contribution in [0.2, 0.25) is 0 Å². The summed E-state index contributed by atoms with van der Waals surface area (Å²) < 4.78 is 5.08. The zero-order valence-corrected chi connectivity index (χ0v) is 10.5. The molecule has 2 atom stereocenters. The Balaban J connectivity index is 2.03. The van der Waals surface area contributed by atoms with E-state index in [9.17, 15) is 4.79 Å². The molecule has 0 bridgehead atoms. The van der Waals surface area contributed by atoms with Crippen LogP contribution in [-0.2, 0) is 4.79 Å². The predicted molar refractivity (Wildman–Crippen MR) is 64.8 cm³/mol. The van der Waals surface area contributed by atoms with Gasteiger partial charge in [0.15, 0.2) is 0 Å². The Hall–Kier alpha value is -1.36. The highest BCUT2D eigenvalue weighted by atomic mass is 16.5. The van der Waals surface area contributed by atoms with Crippen LogP contribution < -0.4 is 10.6 Å². The third-order valence-electron chi connectivity index (χ3n) is 3.45. The fourth-order valence-electron chi connectivity index (χ4n) is 2.12. The van der Waals surface area contributed by atoms with Gasteiger partial charge in [0.25, 0.3) is 0 Å². The summed E-state index contributed by atoms with van der Waals surface area (Å²) in [6.07, 6.45) is 2.21. The predicted octanol–water partition coefficient (Wildman–Crippen LogP) is 1.62. The number of aromatic nitrogens is 1. The van der Waals surface area contributed by atoms with Crippen molar-refractivity contribution in [2.24, 2.45) is 5.92 Å². The van der Waals surface area contributed by atoms with Gasteiger partial charge in [-0.15, -0.1) is 0 Å². The standard InChI is InChI=1S/C12H19N3O2/c1-7-5-4-6-13-10(7)11(16)14-12-8(2)9(3)15-17-12/h7,10,13H,4-6H2,1-3H3,(H,14,16). The van der Waals surface area contributed by atoms with Gasteiger partial charge in [0.2, 0.25) is 11.8 Å². The maximum absolute atomic E-state index is 12.1. The molecule has 2 N–H and O–H groups in total. The van der Waals surface area contributed by atoms with Crippen LogP contribution in [-0.4, -0.2) is 23.7 Å². The summed E-state index contributed by atoms with van der Waals surface area (Å²) in [6, 6.07) is -0.131. The second-order valence-corrected chi connectivity index (χ2v) is 4.76. The lowest BCUT2D eigenvalue weighted by atomic mass is 9.92. The third-order valence-corrected chi connectivity index (χ3v) is 3.45. The Kier molecular flexibility index (Phi) is 3.47. The molecule has 0 spiro atoms. The Morgan fingerprint density at radius 3 is 2.88 bits per heavy atom. The highest BCUT2D eigenvalue weighted by molar-refractivity contribution is 5.94. The molecule has 1 aromatic rings. The van der Waals surface area contributed by atoms with Crippen molar-refractivity contribution in [3.63, 3.8) is 0 Å². The van der Waals surface area contributed by atoms with E-state index in [0.29, 0.717) is 11.8 Å². The second kappa shape index (κ2) is 4.87. The van der Waals surface area contributed by atoms with Crippen LogP contribution >= 0.6 is 0 Å². The number of carbonyl (C=O) groups excluding carboxylic acids is 1. The number of hydrogen-bond donors (Lipinski definition) is 2. The molecule has 1 aromatic heterocycles. The van der Waals surface area contributed by atoms with Gasteiger partial charge in [-0.3, -0.25) is 10.1 Å². The van der Waals surface area contributed by atoms with Gasteiger partial charge in [0.1, 0.15) is 0 Å². The summed E-state index contributed by atoms with van der Waals surface area (Å²) in [6.45, 7) is 6.74. The number of hydrogen-bond acceptors (Lipinski definition) is 4. The van der Waals surface area contributed by atoms with Gasteiger partial charge in [-0.2, -0.15) is 0 Å². The molecule has 17 heavy (non-hydrogen) atoms. The maximum atomic E-state index is 12.1. The summed E-state index contributed by atoms with van der Waals surface area (Å²) in [5, 5.41) is 9.86. The Morgan fingerprint density at radius 1 is 1.53 bits per heavy atom. The molecule has 2 rings (SSSR count). The number of nitrogens with one attached hydrogen (secondary N) is 2. The first-order valence-electron chi connectivity index (χ1n) is 6.06. The zero-order chi connectivity index (χ0) is 12.4. The van der Waals surface area contributed by atoms with E-state index in [1.54, 1.807) is 0 Å². The second-order valence-electron chi connectivity index (χ2n) is 4.76. The number of nitrogens with zero attached hydrogens (tertiary/aromatic N) is 1. The smallest absolute Gasteiger partial charge is 0.244 e. The molecule has 1 aliphatic heterocycles. The monoisotopic (exact) mass is 237 g/mol. The first-order valence-corrected chi connectivity index (χ1v) is 6.06. The van der Waals surface area contributed by atoms with Crippen molar-refractivity contribution >= 4 is 11.8 Å². The lowest BCUT2D eigenvalue weighted by Crippen LogP contribution is -2.48. The van der Waals surface area contributed by atoms with E-state index in [1.807, 2.05) is 13.8 Å². The average molecular weight is 237 g/mol. The molecule has 1 fully saturated rings. The molecule has 0 saturated carbocycles. The molecule has 1 saturated heterocycles. The lowest BCUT2D eigenvalue weighted by molar-refractivity contribution is -0.119. The lowest BCUT2D eigenvalue weighted by Gasteiger charge is -2.28. The molecule has 0 aromatic carbocycles. The number of carbonyl (C=O) groups is 1. The minimum absolute atomic E-state index is 0.0311. The summed E-state index contributed by atoms with van der Waals surface area (Å²) in [7, 11) is 0. The molecular formula is C12H19N3O2. The summed E-state index contributed by atoms with van der Waals surface area (Å²) >= 11 is 0. The van der Waals surface area contributed by atoms with Crippen LogP contribution in [0.5, 0.6) is 0 Å². The van der Waals surface area contributed by atoms with E-state index >= 15 is 0 Å². The fourth-order valence-corrected chi connectivity index (χ4v) is 2.12. The molecule has 1 aliphatic rings. The van der Waals surface area contributed by atoms with Crippen molar-refractivity contribution in [2.45, 2.75) is 39.7 Å². The molecule has 5 heteroatoms. The molecule has 0 radical (unpaired) electrons. The minimum Gasteiger partial charge on any atom is -0.338 e. The van der Waals surface area contributed by atoms with E-state index in [4.69, 9.17) is 4.52 Å². The molecule has 2 unspecified atom stereocenters. The molecule has 2 heterocycles. The highest BCUT2D eigenvalue weighted by Crippen LogP contribution is 2.20. The van der Waals surface area contributed by atoms with Gasteiger partial charge in [0, 0.05) is 5.56 Å². The number of aryl methyl sites for hydroxylation is 1. The SMILES string of the molecule is Cc1noc(NC(=O)C2NCCCC2C)c1C. The molecule has 0 aliphatic carbocycles. The topological polar surface area (TPSA) is 67.2 Å². The van der Waals surface area contributed by atoms with Crippen LogP contribution in [0.4, 0.5) is 5.88 Å². The van der Waals surface area contributed by atoms with Gasteiger partial charge >= 0.3 is 0 Å². The Bertz CT molecular complexity index is 414.